The highest BCUT2D eigenvalue weighted by molar-refractivity contribution is 7.22. The van der Waals surface area contributed by atoms with Crippen LogP contribution in [0.15, 0.2) is 18.2 Å². The second-order valence-electron chi connectivity index (χ2n) is 2.89. The summed E-state index contributed by atoms with van der Waals surface area (Å²) in [7, 11) is 0. The lowest BCUT2D eigenvalue weighted by Gasteiger charge is -1.99. The molecule has 0 atom stereocenters. The predicted octanol–water partition coefficient (Wildman–Crippen LogP) is 4.77. The van der Waals surface area contributed by atoms with Crippen molar-refractivity contribution in [1.82, 2.24) is 0 Å². The van der Waals surface area contributed by atoms with Crippen molar-refractivity contribution in [1.29, 1.82) is 0 Å². The Labute approximate surface area is 91.1 Å². The van der Waals surface area contributed by atoms with Gasteiger partial charge in [0.15, 0.2) is 0 Å². The van der Waals surface area contributed by atoms with Crippen LogP contribution >= 0.6 is 34.5 Å². The number of rotatable bonds is 1. The standard InChI is InChI=1S/C10H8Cl2S/c1-2-6-3-8(11)4-7-5-9(12)13-10(6)7/h3-5H,2H2,1H3. The highest BCUT2D eigenvalue weighted by Gasteiger charge is 2.05. The molecule has 2 aromatic rings. The third-order valence-corrected chi connectivity index (χ3v) is 3.58. The molecule has 0 spiro atoms. The normalized spacial score (nSPS) is 11.0. The number of benzene rings is 1. The molecule has 0 N–H and O–H groups in total. The van der Waals surface area contributed by atoms with Crippen LogP contribution in [0.2, 0.25) is 9.36 Å². The first-order valence-electron chi connectivity index (χ1n) is 4.08. The Kier molecular flexibility index (Phi) is 2.50. The fourth-order valence-electron chi connectivity index (χ4n) is 1.42. The summed E-state index contributed by atoms with van der Waals surface area (Å²) in [5.74, 6) is 0. The van der Waals surface area contributed by atoms with E-state index in [1.807, 2.05) is 18.2 Å². The fourth-order valence-corrected chi connectivity index (χ4v) is 2.97. The van der Waals surface area contributed by atoms with Gasteiger partial charge in [-0.1, -0.05) is 30.1 Å². The monoisotopic (exact) mass is 230 g/mol. The van der Waals surface area contributed by atoms with Gasteiger partial charge in [0, 0.05) is 9.72 Å². The van der Waals surface area contributed by atoms with E-state index in [1.165, 1.54) is 10.3 Å². The molecule has 1 heterocycles. The molecule has 0 amide bonds. The third kappa shape index (κ3) is 1.69. The number of fused-ring (bicyclic) bond motifs is 1. The minimum Gasteiger partial charge on any atom is -0.123 e. The second kappa shape index (κ2) is 3.49. The van der Waals surface area contributed by atoms with E-state index < -0.39 is 0 Å². The molecule has 0 saturated carbocycles. The molecule has 0 fully saturated rings. The molecule has 0 aliphatic heterocycles. The zero-order valence-electron chi connectivity index (χ0n) is 7.10. The van der Waals surface area contributed by atoms with E-state index in [0.29, 0.717) is 0 Å². The Morgan fingerprint density at radius 2 is 2.00 bits per heavy atom. The van der Waals surface area contributed by atoms with Crippen LogP contribution in [0, 0.1) is 0 Å². The Morgan fingerprint density at radius 1 is 1.23 bits per heavy atom. The van der Waals surface area contributed by atoms with Gasteiger partial charge >= 0.3 is 0 Å². The number of thiophene rings is 1. The molecule has 3 heteroatoms. The van der Waals surface area contributed by atoms with Crippen LogP contribution in [-0.4, -0.2) is 0 Å². The van der Waals surface area contributed by atoms with Crippen molar-refractivity contribution in [3.05, 3.63) is 33.1 Å². The Hall–Kier alpha value is -0.240. The van der Waals surface area contributed by atoms with Crippen LogP contribution in [0.4, 0.5) is 0 Å². The Balaban J connectivity index is 2.80. The van der Waals surface area contributed by atoms with Gasteiger partial charge < -0.3 is 0 Å². The zero-order valence-corrected chi connectivity index (χ0v) is 9.43. The first kappa shape index (κ1) is 9.32. The summed E-state index contributed by atoms with van der Waals surface area (Å²) in [6.07, 6.45) is 0.994. The van der Waals surface area contributed by atoms with Crippen LogP contribution in [0.25, 0.3) is 10.1 Å². The van der Waals surface area contributed by atoms with Gasteiger partial charge in [0.1, 0.15) is 0 Å². The van der Waals surface area contributed by atoms with Gasteiger partial charge in [-0.25, -0.2) is 0 Å². The smallest absolute Gasteiger partial charge is 0.0940 e. The van der Waals surface area contributed by atoms with Crippen molar-refractivity contribution >= 4 is 44.6 Å². The molecule has 0 saturated heterocycles. The van der Waals surface area contributed by atoms with Gasteiger partial charge in [0.25, 0.3) is 0 Å². The van der Waals surface area contributed by atoms with Crippen LogP contribution in [0.3, 0.4) is 0 Å². The molecule has 1 aromatic carbocycles. The molecule has 0 nitrogen and oxygen atoms in total. The van der Waals surface area contributed by atoms with Gasteiger partial charge in [-0.15, -0.1) is 11.3 Å². The Morgan fingerprint density at radius 3 is 2.69 bits per heavy atom. The summed E-state index contributed by atoms with van der Waals surface area (Å²) in [5, 5.41) is 1.94. The molecule has 68 valence electrons. The average molecular weight is 231 g/mol. The van der Waals surface area contributed by atoms with Gasteiger partial charge in [0.2, 0.25) is 0 Å². The summed E-state index contributed by atoms with van der Waals surface area (Å²) >= 11 is 13.5. The third-order valence-electron chi connectivity index (χ3n) is 2.01. The molecule has 0 aliphatic carbocycles. The summed E-state index contributed by atoms with van der Waals surface area (Å²) in [6, 6.07) is 5.93. The minimum atomic E-state index is 0.791. The lowest BCUT2D eigenvalue weighted by atomic mass is 10.1. The van der Waals surface area contributed by atoms with E-state index in [-0.39, 0.29) is 0 Å². The van der Waals surface area contributed by atoms with E-state index in [0.717, 1.165) is 21.2 Å². The quantitative estimate of drug-likeness (QED) is 0.663. The largest absolute Gasteiger partial charge is 0.123 e. The topological polar surface area (TPSA) is 0 Å². The van der Waals surface area contributed by atoms with E-state index >= 15 is 0 Å². The highest BCUT2D eigenvalue weighted by atomic mass is 35.5. The van der Waals surface area contributed by atoms with Crippen LogP contribution in [0.1, 0.15) is 12.5 Å². The number of hydrogen-bond acceptors (Lipinski definition) is 1. The fraction of sp³-hybridized carbons (Fsp3) is 0.200. The van der Waals surface area contributed by atoms with Gasteiger partial charge in [-0.05, 0) is 35.6 Å². The van der Waals surface area contributed by atoms with Crippen molar-refractivity contribution < 1.29 is 0 Å². The van der Waals surface area contributed by atoms with Gasteiger partial charge in [-0.3, -0.25) is 0 Å². The highest BCUT2D eigenvalue weighted by Crippen LogP contribution is 2.34. The molecule has 2 rings (SSSR count). The first-order valence-corrected chi connectivity index (χ1v) is 5.65. The zero-order chi connectivity index (χ0) is 9.42. The number of aryl methyl sites for hydroxylation is 1. The van der Waals surface area contributed by atoms with Crippen LogP contribution in [-0.2, 0) is 6.42 Å². The molecule has 1 aromatic heterocycles. The van der Waals surface area contributed by atoms with Gasteiger partial charge in [0.05, 0.1) is 4.34 Å². The Bertz CT molecular complexity index is 445. The van der Waals surface area contributed by atoms with Crippen molar-refractivity contribution in [2.24, 2.45) is 0 Å². The molecular formula is C10H8Cl2S. The van der Waals surface area contributed by atoms with Crippen LogP contribution < -0.4 is 0 Å². The lowest BCUT2D eigenvalue weighted by Crippen LogP contribution is -1.79. The number of hydrogen-bond donors (Lipinski definition) is 0. The summed E-state index contributed by atoms with van der Waals surface area (Å²) in [6.45, 7) is 2.12. The molecule has 0 unspecified atom stereocenters. The molecule has 0 aliphatic rings. The maximum atomic E-state index is 5.97. The molecule has 0 radical (unpaired) electrons. The van der Waals surface area contributed by atoms with Crippen molar-refractivity contribution in [2.75, 3.05) is 0 Å². The first-order chi connectivity index (χ1) is 6.20. The van der Waals surface area contributed by atoms with Crippen molar-refractivity contribution in [3.63, 3.8) is 0 Å². The van der Waals surface area contributed by atoms with E-state index in [1.54, 1.807) is 11.3 Å². The summed E-state index contributed by atoms with van der Waals surface area (Å²) in [4.78, 5) is 0. The second-order valence-corrected chi connectivity index (χ2v) is 5.01. The van der Waals surface area contributed by atoms with E-state index in [9.17, 15) is 0 Å². The molecule has 13 heavy (non-hydrogen) atoms. The van der Waals surface area contributed by atoms with Crippen molar-refractivity contribution in [3.8, 4) is 0 Å². The maximum absolute atomic E-state index is 5.97. The molecular weight excluding hydrogens is 223 g/mol. The number of halogens is 2. The lowest BCUT2D eigenvalue weighted by molar-refractivity contribution is 1.16. The SMILES string of the molecule is CCc1cc(Cl)cc2cc(Cl)sc12. The predicted molar refractivity (Wildman–Crippen MR) is 61.2 cm³/mol. The van der Waals surface area contributed by atoms with E-state index in [2.05, 4.69) is 6.92 Å². The maximum Gasteiger partial charge on any atom is 0.0940 e. The van der Waals surface area contributed by atoms with Crippen LogP contribution in [0.5, 0.6) is 0 Å². The summed E-state index contributed by atoms with van der Waals surface area (Å²) in [5.41, 5.74) is 1.28. The minimum absolute atomic E-state index is 0.791. The average Bonchev–Trinajstić information content (AvgIpc) is 2.43. The van der Waals surface area contributed by atoms with Gasteiger partial charge in [-0.2, -0.15) is 0 Å². The van der Waals surface area contributed by atoms with E-state index in [4.69, 9.17) is 23.2 Å². The summed E-state index contributed by atoms with van der Waals surface area (Å²) < 4.78 is 2.09. The molecule has 0 bridgehead atoms. The van der Waals surface area contributed by atoms with Crippen molar-refractivity contribution in [2.45, 2.75) is 13.3 Å².